The Balaban J connectivity index is 2.45. The highest BCUT2D eigenvalue weighted by Crippen LogP contribution is 2.28. The van der Waals surface area contributed by atoms with E-state index in [9.17, 15) is 4.39 Å². The molecule has 2 aromatic rings. The number of hydrogen-bond acceptors (Lipinski definition) is 2. The topological polar surface area (TPSA) is 25.2 Å². The standard InChI is InChI=1S/C12H11BrFNO/c1-15-12(10-6-3-7-16-10)8-4-2-5-9(13)11(8)14/h2-7,12,15H,1H3. The van der Waals surface area contributed by atoms with Gasteiger partial charge in [0.05, 0.1) is 16.8 Å². The van der Waals surface area contributed by atoms with Crippen molar-refractivity contribution in [1.82, 2.24) is 5.32 Å². The van der Waals surface area contributed by atoms with Crippen LogP contribution in [0.4, 0.5) is 4.39 Å². The maximum absolute atomic E-state index is 13.9. The van der Waals surface area contributed by atoms with Crippen LogP contribution in [0, 0.1) is 5.82 Å². The Morgan fingerprint density at radius 2 is 2.12 bits per heavy atom. The fourth-order valence-corrected chi connectivity index (χ4v) is 2.03. The van der Waals surface area contributed by atoms with Crippen LogP contribution in [0.3, 0.4) is 0 Å². The maximum atomic E-state index is 13.9. The second-order valence-electron chi connectivity index (χ2n) is 3.38. The first-order chi connectivity index (χ1) is 7.74. The minimum absolute atomic E-state index is 0.266. The molecule has 0 amide bonds. The predicted molar refractivity (Wildman–Crippen MR) is 63.7 cm³/mol. The highest BCUT2D eigenvalue weighted by molar-refractivity contribution is 9.10. The highest BCUT2D eigenvalue weighted by Gasteiger charge is 2.19. The van der Waals surface area contributed by atoms with Gasteiger partial charge in [-0.3, -0.25) is 0 Å². The second kappa shape index (κ2) is 4.80. The van der Waals surface area contributed by atoms with Gasteiger partial charge in [0.1, 0.15) is 11.6 Å². The summed E-state index contributed by atoms with van der Waals surface area (Å²) in [6.07, 6.45) is 1.58. The van der Waals surface area contributed by atoms with Gasteiger partial charge in [0.2, 0.25) is 0 Å². The third kappa shape index (κ3) is 2.03. The molecule has 0 saturated heterocycles. The van der Waals surface area contributed by atoms with Crippen LogP contribution in [0.2, 0.25) is 0 Å². The molecule has 2 rings (SSSR count). The number of benzene rings is 1. The number of halogens is 2. The van der Waals surface area contributed by atoms with Crippen LogP contribution in [0.15, 0.2) is 45.5 Å². The normalized spacial score (nSPS) is 12.7. The summed E-state index contributed by atoms with van der Waals surface area (Å²) >= 11 is 3.17. The lowest BCUT2D eigenvalue weighted by Crippen LogP contribution is -2.18. The quantitative estimate of drug-likeness (QED) is 0.933. The second-order valence-corrected chi connectivity index (χ2v) is 4.23. The van der Waals surface area contributed by atoms with Crippen molar-refractivity contribution in [2.45, 2.75) is 6.04 Å². The molecular weight excluding hydrogens is 273 g/mol. The van der Waals surface area contributed by atoms with E-state index in [-0.39, 0.29) is 11.9 Å². The molecule has 0 saturated carbocycles. The van der Waals surface area contributed by atoms with Gasteiger partial charge < -0.3 is 9.73 Å². The Morgan fingerprint density at radius 3 is 2.75 bits per heavy atom. The molecular formula is C12H11BrFNO. The largest absolute Gasteiger partial charge is 0.467 e. The fraction of sp³-hybridized carbons (Fsp3) is 0.167. The van der Waals surface area contributed by atoms with Gasteiger partial charge >= 0.3 is 0 Å². The monoisotopic (exact) mass is 283 g/mol. The molecule has 1 unspecified atom stereocenters. The number of nitrogens with one attached hydrogen (secondary N) is 1. The molecule has 0 bridgehead atoms. The Hall–Kier alpha value is -1.13. The minimum atomic E-state index is -0.271. The molecule has 0 spiro atoms. The summed E-state index contributed by atoms with van der Waals surface area (Å²) in [6.45, 7) is 0. The van der Waals surface area contributed by atoms with Crippen molar-refractivity contribution in [1.29, 1.82) is 0 Å². The molecule has 1 aromatic heterocycles. The lowest BCUT2D eigenvalue weighted by molar-refractivity contribution is 0.452. The zero-order chi connectivity index (χ0) is 11.5. The van der Waals surface area contributed by atoms with Gasteiger partial charge in [0, 0.05) is 5.56 Å². The van der Waals surface area contributed by atoms with Gasteiger partial charge in [-0.25, -0.2) is 4.39 Å². The number of hydrogen-bond donors (Lipinski definition) is 1. The van der Waals surface area contributed by atoms with E-state index in [4.69, 9.17) is 4.42 Å². The average Bonchev–Trinajstić information content (AvgIpc) is 2.79. The van der Waals surface area contributed by atoms with E-state index in [1.165, 1.54) is 0 Å². The van der Waals surface area contributed by atoms with Crippen LogP contribution < -0.4 is 5.32 Å². The van der Waals surface area contributed by atoms with Crippen molar-refractivity contribution < 1.29 is 8.81 Å². The number of furan rings is 1. The molecule has 0 radical (unpaired) electrons. The Labute approximate surface area is 102 Å². The molecule has 1 aromatic carbocycles. The van der Waals surface area contributed by atoms with Crippen molar-refractivity contribution in [3.05, 3.63) is 58.2 Å². The summed E-state index contributed by atoms with van der Waals surface area (Å²) in [5, 5.41) is 3.03. The molecule has 0 aliphatic heterocycles. The third-order valence-corrected chi connectivity index (χ3v) is 3.02. The molecule has 1 atom stereocenters. The fourth-order valence-electron chi connectivity index (χ4n) is 1.65. The SMILES string of the molecule is CNC(c1ccco1)c1cccc(Br)c1F. The molecule has 2 nitrogen and oxygen atoms in total. The van der Waals surface area contributed by atoms with Gasteiger partial charge in [-0.1, -0.05) is 12.1 Å². The Morgan fingerprint density at radius 1 is 1.31 bits per heavy atom. The Bertz CT molecular complexity index is 470. The van der Waals surface area contributed by atoms with E-state index in [2.05, 4.69) is 21.2 Å². The van der Waals surface area contributed by atoms with E-state index in [0.29, 0.717) is 15.8 Å². The van der Waals surface area contributed by atoms with Gasteiger partial charge in [0.15, 0.2) is 0 Å². The van der Waals surface area contributed by atoms with Crippen LogP contribution in [0.25, 0.3) is 0 Å². The summed E-state index contributed by atoms with van der Waals surface area (Å²) in [4.78, 5) is 0. The summed E-state index contributed by atoms with van der Waals surface area (Å²) in [7, 11) is 1.77. The molecule has 16 heavy (non-hydrogen) atoms. The zero-order valence-electron chi connectivity index (χ0n) is 8.71. The smallest absolute Gasteiger partial charge is 0.142 e. The summed E-state index contributed by atoms with van der Waals surface area (Å²) < 4.78 is 19.6. The average molecular weight is 284 g/mol. The van der Waals surface area contributed by atoms with E-state index < -0.39 is 0 Å². The van der Waals surface area contributed by atoms with Gasteiger partial charge in [0.25, 0.3) is 0 Å². The minimum Gasteiger partial charge on any atom is -0.467 e. The van der Waals surface area contributed by atoms with Gasteiger partial charge in [-0.15, -0.1) is 0 Å². The van der Waals surface area contributed by atoms with E-state index >= 15 is 0 Å². The molecule has 0 fully saturated rings. The molecule has 1 heterocycles. The molecule has 0 aliphatic rings. The number of rotatable bonds is 3. The van der Waals surface area contributed by atoms with Crippen molar-refractivity contribution in [3.8, 4) is 0 Å². The first kappa shape index (κ1) is 11.4. The lowest BCUT2D eigenvalue weighted by atomic mass is 10.0. The molecule has 84 valence electrons. The van der Waals surface area contributed by atoms with Crippen molar-refractivity contribution >= 4 is 15.9 Å². The predicted octanol–water partition coefficient (Wildman–Crippen LogP) is 3.49. The van der Waals surface area contributed by atoms with Crippen LogP contribution >= 0.6 is 15.9 Å². The van der Waals surface area contributed by atoms with Crippen molar-refractivity contribution in [2.24, 2.45) is 0 Å². The van der Waals surface area contributed by atoms with Gasteiger partial charge in [-0.05, 0) is 41.2 Å². The van der Waals surface area contributed by atoms with E-state index in [1.807, 2.05) is 6.07 Å². The lowest BCUT2D eigenvalue weighted by Gasteiger charge is -2.15. The maximum Gasteiger partial charge on any atom is 0.142 e. The van der Waals surface area contributed by atoms with Crippen molar-refractivity contribution in [2.75, 3.05) is 7.05 Å². The first-order valence-corrected chi connectivity index (χ1v) is 5.68. The third-order valence-electron chi connectivity index (χ3n) is 2.41. The zero-order valence-corrected chi connectivity index (χ0v) is 10.3. The van der Waals surface area contributed by atoms with E-state index in [1.54, 1.807) is 37.6 Å². The summed E-state index contributed by atoms with van der Waals surface area (Å²) in [5.74, 6) is 0.428. The summed E-state index contributed by atoms with van der Waals surface area (Å²) in [6, 6.07) is 8.55. The van der Waals surface area contributed by atoms with Crippen LogP contribution in [0.5, 0.6) is 0 Å². The molecule has 1 N–H and O–H groups in total. The van der Waals surface area contributed by atoms with Crippen LogP contribution in [0.1, 0.15) is 17.4 Å². The summed E-state index contributed by atoms with van der Waals surface area (Å²) in [5.41, 5.74) is 0.562. The molecule has 0 aliphatic carbocycles. The van der Waals surface area contributed by atoms with Crippen molar-refractivity contribution in [3.63, 3.8) is 0 Å². The van der Waals surface area contributed by atoms with Crippen LogP contribution in [-0.4, -0.2) is 7.05 Å². The highest BCUT2D eigenvalue weighted by atomic mass is 79.9. The van der Waals surface area contributed by atoms with E-state index in [0.717, 1.165) is 0 Å². The van der Waals surface area contributed by atoms with Gasteiger partial charge in [-0.2, -0.15) is 0 Å². The Kier molecular flexibility index (Phi) is 3.41. The van der Waals surface area contributed by atoms with Crippen LogP contribution in [-0.2, 0) is 0 Å². The molecule has 4 heteroatoms. The first-order valence-electron chi connectivity index (χ1n) is 4.88.